The number of aromatic nitrogens is 2. The van der Waals surface area contributed by atoms with E-state index in [1.807, 2.05) is 56.8 Å². The highest BCUT2D eigenvalue weighted by atomic mass is 19.1. The van der Waals surface area contributed by atoms with Crippen LogP contribution in [0.5, 0.6) is 0 Å². The molecule has 0 atom stereocenters. The third kappa shape index (κ3) is 4.10. The van der Waals surface area contributed by atoms with Crippen molar-refractivity contribution in [2.75, 3.05) is 31.1 Å². The predicted octanol–water partition coefficient (Wildman–Crippen LogP) is 4.44. The van der Waals surface area contributed by atoms with Gasteiger partial charge < -0.3 is 14.5 Å². The summed E-state index contributed by atoms with van der Waals surface area (Å²) in [4.78, 5) is 16.3. The summed E-state index contributed by atoms with van der Waals surface area (Å²) in [6.07, 6.45) is -0.267. The lowest BCUT2D eigenvalue weighted by atomic mass is 10.0. The minimum atomic E-state index is -0.494. The van der Waals surface area contributed by atoms with Crippen LogP contribution >= 0.6 is 0 Å². The molecule has 4 rings (SSSR count). The fraction of sp³-hybridized carbons (Fsp3) is 0.391. The number of piperazine rings is 1. The highest BCUT2D eigenvalue weighted by molar-refractivity contribution is 5.93. The zero-order valence-electron chi connectivity index (χ0n) is 17.9. The van der Waals surface area contributed by atoms with Gasteiger partial charge in [0.25, 0.3) is 0 Å². The first-order valence-electron chi connectivity index (χ1n) is 10.2. The Kier molecular flexibility index (Phi) is 5.13. The summed E-state index contributed by atoms with van der Waals surface area (Å²) in [6, 6.07) is 12.6. The lowest BCUT2D eigenvalue weighted by Gasteiger charge is -2.36. The van der Waals surface area contributed by atoms with Gasteiger partial charge in [-0.2, -0.15) is 5.10 Å². The maximum Gasteiger partial charge on any atom is 0.410 e. The largest absolute Gasteiger partial charge is 0.444 e. The number of ether oxygens (including phenoxy) is 1. The van der Waals surface area contributed by atoms with E-state index in [1.165, 1.54) is 12.1 Å². The number of nitrogens with zero attached hydrogens (tertiary/aromatic N) is 4. The highest BCUT2D eigenvalue weighted by Gasteiger charge is 2.27. The molecule has 0 N–H and O–H groups in total. The van der Waals surface area contributed by atoms with Crippen LogP contribution in [0.3, 0.4) is 0 Å². The summed E-state index contributed by atoms with van der Waals surface area (Å²) in [5, 5.41) is 5.72. The van der Waals surface area contributed by atoms with Gasteiger partial charge in [0, 0.05) is 38.6 Å². The van der Waals surface area contributed by atoms with Crippen molar-refractivity contribution >= 4 is 22.8 Å². The standard InChI is InChI=1S/C23H27FN4O2/c1-23(2,3)30-22(29)28-12-10-27(11-13-28)21-19-9-8-17(15-20(19)25-26(21)4)16-6-5-7-18(24)14-16/h5-9,14-15H,10-13H2,1-4H3. The van der Waals surface area contributed by atoms with E-state index in [2.05, 4.69) is 10.00 Å². The van der Waals surface area contributed by atoms with Gasteiger partial charge >= 0.3 is 6.09 Å². The maximum absolute atomic E-state index is 13.6. The number of fused-ring (bicyclic) bond motifs is 1. The summed E-state index contributed by atoms with van der Waals surface area (Å²) in [7, 11) is 1.93. The first-order chi connectivity index (χ1) is 14.2. The second-order valence-corrected chi connectivity index (χ2v) is 8.64. The van der Waals surface area contributed by atoms with Gasteiger partial charge in [0.1, 0.15) is 17.2 Å². The molecule has 0 aliphatic carbocycles. The summed E-state index contributed by atoms with van der Waals surface area (Å²) < 4.78 is 21.0. The van der Waals surface area contributed by atoms with E-state index >= 15 is 0 Å². The van der Waals surface area contributed by atoms with Crippen molar-refractivity contribution in [1.29, 1.82) is 0 Å². The first-order valence-corrected chi connectivity index (χ1v) is 10.2. The lowest BCUT2D eigenvalue weighted by molar-refractivity contribution is 0.0240. The molecule has 1 fully saturated rings. The molecule has 0 saturated carbocycles. The van der Waals surface area contributed by atoms with Crippen LogP contribution in [0, 0.1) is 5.82 Å². The zero-order chi connectivity index (χ0) is 21.5. The van der Waals surface area contributed by atoms with Gasteiger partial charge in [0.15, 0.2) is 0 Å². The lowest BCUT2D eigenvalue weighted by Crippen LogP contribution is -2.50. The number of aryl methyl sites for hydroxylation is 1. The van der Waals surface area contributed by atoms with Crippen LogP contribution in [-0.4, -0.2) is 52.6 Å². The molecule has 1 saturated heterocycles. The van der Waals surface area contributed by atoms with Crippen LogP contribution in [0.15, 0.2) is 42.5 Å². The van der Waals surface area contributed by atoms with E-state index in [4.69, 9.17) is 4.74 Å². The van der Waals surface area contributed by atoms with Crippen LogP contribution in [0.4, 0.5) is 15.0 Å². The van der Waals surface area contributed by atoms with Gasteiger partial charge in [-0.3, -0.25) is 4.68 Å². The van der Waals surface area contributed by atoms with Crippen molar-refractivity contribution < 1.29 is 13.9 Å². The fourth-order valence-electron chi connectivity index (χ4n) is 3.84. The fourth-order valence-corrected chi connectivity index (χ4v) is 3.84. The predicted molar refractivity (Wildman–Crippen MR) is 116 cm³/mol. The molecule has 7 heteroatoms. The Morgan fingerprint density at radius 2 is 1.73 bits per heavy atom. The van der Waals surface area contributed by atoms with Gasteiger partial charge in [0.05, 0.1) is 5.52 Å². The molecule has 1 aliphatic rings. The molecular formula is C23H27FN4O2. The molecule has 2 heterocycles. The zero-order valence-corrected chi connectivity index (χ0v) is 17.9. The Labute approximate surface area is 175 Å². The van der Waals surface area contributed by atoms with E-state index < -0.39 is 5.60 Å². The Morgan fingerprint density at radius 1 is 1.03 bits per heavy atom. The number of halogens is 1. The highest BCUT2D eigenvalue weighted by Crippen LogP contribution is 2.31. The average Bonchev–Trinajstić information content (AvgIpc) is 3.01. The minimum Gasteiger partial charge on any atom is -0.444 e. The third-order valence-electron chi connectivity index (χ3n) is 5.19. The summed E-state index contributed by atoms with van der Waals surface area (Å²) >= 11 is 0. The molecule has 3 aromatic rings. The van der Waals surface area contributed by atoms with Crippen LogP contribution in [0.2, 0.25) is 0 Å². The van der Waals surface area contributed by atoms with Crippen LogP contribution in [0.25, 0.3) is 22.0 Å². The number of rotatable bonds is 2. The molecule has 1 aromatic heterocycles. The Morgan fingerprint density at radius 3 is 2.40 bits per heavy atom. The molecule has 6 nitrogen and oxygen atoms in total. The molecule has 0 spiro atoms. The topological polar surface area (TPSA) is 50.6 Å². The van der Waals surface area contributed by atoms with Gasteiger partial charge in [-0.05, 0) is 56.2 Å². The summed E-state index contributed by atoms with van der Waals surface area (Å²) in [6.45, 7) is 8.24. The normalized spacial score (nSPS) is 15.0. The van der Waals surface area contributed by atoms with E-state index in [0.717, 1.165) is 27.8 Å². The van der Waals surface area contributed by atoms with Crippen molar-refractivity contribution in [3.05, 3.63) is 48.3 Å². The molecular weight excluding hydrogens is 383 g/mol. The Balaban J connectivity index is 1.54. The van der Waals surface area contributed by atoms with Gasteiger partial charge in [-0.15, -0.1) is 0 Å². The summed E-state index contributed by atoms with van der Waals surface area (Å²) in [5.74, 6) is 0.775. The van der Waals surface area contributed by atoms with Gasteiger partial charge in [-0.1, -0.05) is 18.2 Å². The number of benzene rings is 2. The van der Waals surface area contributed by atoms with Crippen molar-refractivity contribution in [1.82, 2.24) is 14.7 Å². The van der Waals surface area contributed by atoms with Gasteiger partial charge in [0.2, 0.25) is 0 Å². The molecule has 1 amide bonds. The number of hydrogen-bond donors (Lipinski definition) is 0. The monoisotopic (exact) mass is 410 g/mol. The molecule has 2 aromatic carbocycles. The van der Waals surface area contributed by atoms with E-state index in [9.17, 15) is 9.18 Å². The maximum atomic E-state index is 13.6. The summed E-state index contributed by atoms with van der Waals surface area (Å²) in [5.41, 5.74) is 2.13. The second-order valence-electron chi connectivity index (χ2n) is 8.64. The van der Waals surface area contributed by atoms with Gasteiger partial charge in [-0.25, -0.2) is 9.18 Å². The number of carbonyl (C=O) groups is 1. The molecule has 0 unspecified atom stereocenters. The van der Waals surface area contributed by atoms with E-state index in [0.29, 0.717) is 26.2 Å². The van der Waals surface area contributed by atoms with Crippen molar-refractivity contribution in [2.45, 2.75) is 26.4 Å². The number of anilines is 1. The van der Waals surface area contributed by atoms with E-state index in [-0.39, 0.29) is 11.9 Å². The molecule has 1 aliphatic heterocycles. The molecule has 0 radical (unpaired) electrons. The van der Waals surface area contributed by atoms with Crippen LogP contribution < -0.4 is 4.90 Å². The average molecular weight is 410 g/mol. The number of hydrogen-bond acceptors (Lipinski definition) is 4. The van der Waals surface area contributed by atoms with Crippen molar-refractivity contribution in [2.24, 2.45) is 7.05 Å². The number of amides is 1. The molecule has 158 valence electrons. The van der Waals surface area contributed by atoms with Crippen LogP contribution in [0.1, 0.15) is 20.8 Å². The SMILES string of the molecule is Cn1nc2cc(-c3cccc(F)c3)ccc2c1N1CCN(C(=O)OC(C)(C)C)CC1. The Bertz CT molecular complexity index is 1080. The van der Waals surface area contributed by atoms with Crippen molar-refractivity contribution in [3.63, 3.8) is 0 Å². The first kappa shape index (κ1) is 20.2. The molecule has 30 heavy (non-hydrogen) atoms. The minimum absolute atomic E-state index is 0.253. The molecule has 0 bridgehead atoms. The smallest absolute Gasteiger partial charge is 0.410 e. The van der Waals surface area contributed by atoms with E-state index in [1.54, 1.807) is 11.0 Å². The van der Waals surface area contributed by atoms with Crippen LogP contribution in [-0.2, 0) is 11.8 Å². The quantitative estimate of drug-likeness (QED) is 0.627. The Hall–Kier alpha value is -3.09. The second kappa shape index (κ2) is 7.63. The number of carbonyl (C=O) groups excluding carboxylic acids is 1. The third-order valence-corrected chi connectivity index (χ3v) is 5.19. The van der Waals surface area contributed by atoms with Crippen molar-refractivity contribution in [3.8, 4) is 11.1 Å².